The molecule has 180 valence electrons. The van der Waals surface area contributed by atoms with Crippen molar-refractivity contribution in [2.24, 2.45) is 5.92 Å². The first-order valence-corrected chi connectivity index (χ1v) is 12.9. The first kappa shape index (κ1) is 23.0. The van der Waals surface area contributed by atoms with E-state index in [0.717, 1.165) is 31.2 Å². The Morgan fingerprint density at radius 2 is 1.52 bits per heavy atom. The Morgan fingerprint density at radius 3 is 2.12 bits per heavy atom. The van der Waals surface area contributed by atoms with Gasteiger partial charge in [0.25, 0.3) is 0 Å². The zero-order valence-corrected chi connectivity index (χ0v) is 19.8. The van der Waals surface area contributed by atoms with Gasteiger partial charge in [-0.1, -0.05) is 38.0 Å². The van der Waals surface area contributed by atoms with Crippen LogP contribution in [-0.2, 0) is 6.18 Å². The van der Waals surface area contributed by atoms with Crippen molar-refractivity contribution < 1.29 is 17.9 Å². The summed E-state index contributed by atoms with van der Waals surface area (Å²) in [6.45, 7) is 4.42. The molecule has 3 aliphatic rings. The molecule has 1 aliphatic carbocycles. The molecule has 0 radical (unpaired) electrons. The summed E-state index contributed by atoms with van der Waals surface area (Å²) in [5.74, 6) is 0.615. The van der Waals surface area contributed by atoms with Crippen LogP contribution in [0, 0.1) is 5.92 Å². The lowest BCUT2D eigenvalue weighted by molar-refractivity contribution is -0.138. The van der Waals surface area contributed by atoms with Crippen LogP contribution >= 0.6 is 0 Å². The quantitative estimate of drug-likeness (QED) is 0.456. The highest BCUT2D eigenvalue weighted by Gasteiger charge is 2.39. The summed E-state index contributed by atoms with van der Waals surface area (Å²) in [6, 6.07) is 10.4. The van der Waals surface area contributed by atoms with E-state index in [1.807, 2.05) is 18.2 Å². The fourth-order valence-corrected chi connectivity index (χ4v) is 6.67. The molecule has 2 bridgehead atoms. The third-order valence-electron chi connectivity index (χ3n) is 8.47. The maximum atomic E-state index is 14.2. The van der Waals surface area contributed by atoms with E-state index in [1.165, 1.54) is 38.5 Å². The van der Waals surface area contributed by atoms with Crippen LogP contribution < -0.4 is 4.74 Å². The van der Waals surface area contributed by atoms with Crippen LogP contribution in [0.25, 0.3) is 10.8 Å². The number of halogens is 3. The van der Waals surface area contributed by atoms with Gasteiger partial charge in [-0.05, 0) is 92.7 Å². The lowest BCUT2D eigenvalue weighted by atomic mass is 9.82. The summed E-state index contributed by atoms with van der Waals surface area (Å²) in [7, 11) is 0. The van der Waals surface area contributed by atoms with E-state index < -0.39 is 11.7 Å². The number of fused-ring (bicyclic) bond motifs is 3. The molecule has 5 heteroatoms. The van der Waals surface area contributed by atoms with Gasteiger partial charge in [-0.25, -0.2) is 0 Å². The highest BCUT2D eigenvalue weighted by atomic mass is 19.4. The number of hydrogen-bond donors (Lipinski definition) is 0. The first-order chi connectivity index (χ1) is 15.8. The Bertz CT molecular complexity index is 957. The largest absolute Gasteiger partial charge is 0.490 e. The van der Waals surface area contributed by atoms with E-state index >= 15 is 0 Å². The number of hydrogen-bond acceptors (Lipinski definition) is 2. The summed E-state index contributed by atoms with van der Waals surface area (Å²) in [6.07, 6.45) is 6.67. The number of benzene rings is 2. The monoisotopic (exact) mass is 459 g/mol. The van der Waals surface area contributed by atoms with Crippen molar-refractivity contribution in [1.29, 1.82) is 0 Å². The van der Waals surface area contributed by atoms with Gasteiger partial charge in [-0.15, -0.1) is 0 Å². The van der Waals surface area contributed by atoms with Crippen molar-refractivity contribution >= 4 is 10.8 Å². The second-order valence-electron chi connectivity index (χ2n) is 10.7. The van der Waals surface area contributed by atoms with Gasteiger partial charge < -0.3 is 4.74 Å². The predicted octanol–water partition coefficient (Wildman–Crippen LogP) is 8.28. The lowest BCUT2D eigenvalue weighted by Crippen LogP contribution is -2.50. The molecule has 1 unspecified atom stereocenters. The average Bonchev–Trinajstić information content (AvgIpc) is 2.78. The van der Waals surface area contributed by atoms with Crippen LogP contribution in [0.2, 0.25) is 0 Å². The Morgan fingerprint density at radius 1 is 0.879 bits per heavy atom. The number of nitrogens with zero attached hydrogens (tertiary/aromatic N) is 1. The molecule has 2 aromatic carbocycles. The number of alkyl halides is 3. The zero-order chi connectivity index (χ0) is 23.2. The maximum absolute atomic E-state index is 14.2. The van der Waals surface area contributed by atoms with Gasteiger partial charge in [0.1, 0.15) is 11.3 Å². The second kappa shape index (κ2) is 9.13. The topological polar surface area (TPSA) is 12.5 Å². The fraction of sp³-hybridized carbons (Fsp3) is 0.643. The molecule has 33 heavy (non-hydrogen) atoms. The van der Waals surface area contributed by atoms with Gasteiger partial charge >= 0.3 is 6.18 Å². The summed E-state index contributed by atoms with van der Waals surface area (Å²) >= 11 is 0. The fourth-order valence-electron chi connectivity index (χ4n) is 6.67. The van der Waals surface area contributed by atoms with Gasteiger partial charge in [0, 0.05) is 18.1 Å². The summed E-state index contributed by atoms with van der Waals surface area (Å²) in [4.78, 5) is 2.65. The summed E-state index contributed by atoms with van der Waals surface area (Å²) < 4.78 is 48.6. The van der Waals surface area contributed by atoms with Crippen LogP contribution in [0.1, 0.15) is 95.2 Å². The average molecular weight is 460 g/mol. The van der Waals surface area contributed by atoms with Gasteiger partial charge in [0.15, 0.2) is 0 Å². The Hall–Kier alpha value is -1.75. The van der Waals surface area contributed by atoms with E-state index in [4.69, 9.17) is 4.74 Å². The van der Waals surface area contributed by atoms with Crippen molar-refractivity contribution in [3.8, 4) is 5.75 Å². The molecule has 2 nitrogen and oxygen atoms in total. The minimum Gasteiger partial charge on any atom is -0.490 e. The van der Waals surface area contributed by atoms with Crippen LogP contribution in [0.15, 0.2) is 30.3 Å². The van der Waals surface area contributed by atoms with Crippen LogP contribution in [0.4, 0.5) is 13.2 Å². The van der Waals surface area contributed by atoms with E-state index in [9.17, 15) is 13.2 Å². The molecule has 2 aromatic rings. The highest BCUT2D eigenvalue weighted by Crippen LogP contribution is 2.44. The number of rotatable bonds is 4. The van der Waals surface area contributed by atoms with Crippen LogP contribution in [0.3, 0.4) is 0 Å². The van der Waals surface area contributed by atoms with Crippen molar-refractivity contribution in [2.75, 3.05) is 0 Å². The second-order valence-corrected chi connectivity index (χ2v) is 10.7. The molecule has 0 N–H and O–H groups in total. The Balaban J connectivity index is 1.46. The van der Waals surface area contributed by atoms with E-state index in [1.54, 1.807) is 12.1 Å². The van der Waals surface area contributed by atoms with E-state index in [2.05, 4.69) is 18.7 Å². The molecule has 2 heterocycles. The summed E-state index contributed by atoms with van der Waals surface area (Å²) in [5.41, 5.74) is 0.497. The van der Waals surface area contributed by atoms with E-state index in [0.29, 0.717) is 23.4 Å². The van der Waals surface area contributed by atoms with E-state index in [-0.39, 0.29) is 23.3 Å². The molecular formula is C28H36F3NO. The third kappa shape index (κ3) is 4.62. The Kier molecular flexibility index (Phi) is 6.37. The smallest absolute Gasteiger partial charge is 0.420 e. The highest BCUT2D eigenvalue weighted by molar-refractivity contribution is 5.89. The molecule has 2 aliphatic heterocycles. The van der Waals surface area contributed by atoms with Crippen LogP contribution in [-0.4, -0.2) is 23.1 Å². The molecule has 0 spiro atoms. The predicted molar refractivity (Wildman–Crippen MR) is 127 cm³/mol. The van der Waals surface area contributed by atoms with Gasteiger partial charge in [-0.3, -0.25) is 4.90 Å². The first-order valence-electron chi connectivity index (χ1n) is 12.9. The van der Waals surface area contributed by atoms with Crippen molar-refractivity contribution in [3.05, 3.63) is 41.5 Å². The molecular weight excluding hydrogens is 423 g/mol. The SMILES string of the molecule is CC1CCC(Oc2ccc3cc(C(C)N4C5CCCC4CCC5)ccc3c2C(F)(F)F)CC1. The number of ether oxygens (including phenoxy) is 1. The van der Waals surface area contributed by atoms with Gasteiger partial charge in [-0.2, -0.15) is 13.2 Å². The lowest BCUT2D eigenvalue weighted by Gasteiger charge is -2.49. The Labute approximate surface area is 195 Å². The standard InChI is InChI=1S/C28H36F3NO/c1-18-9-13-24(14-10-18)33-26-16-12-21-17-20(11-15-25(21)27(26)28(29,30)31)19(2)32-22-5-3-6-23(32)8-4-7-22/h11-12,15-19,22-24H,3-10,13-14H2,1-2H3. The number of piperidine rings is 2. The van der Waals surface area contributed by atoms with Gasteiger partial charge in [0.05, 0.1) is 6.10 Å². The molecule has 5 rings (SSSR count). The van der Waals surface area contributed by atoms with Gasteiger partial charge in [0.2, 0.25) is 0 Å². The molecule has 1 atom stereocenters. The maximum Gasteiger partial charge on any atom is 0.420 e. The van der Waals surface area contributed by atoms with Crippen molar-refractivity contribution in [2.45, 2.75) is 108 Å². The molecule has 0 amide bonds. The molecule has 3 fully saturated rings. The van der Waals surface area contributed by atoms with Crippen molar-refractivity contribution in [3.63, 3.8) is 0 Å². The van der Waals surface area contributed by atoms with Crippen molar-refractivity contribution in [1.82, 2.24) is 4.90 Å². The normalized spacial score (nSPS) is 29.7. The van der Waals surface area contributed by atoms with Crippen LogP contribution in [0.5, 0.6) is 5.75 Å². The summed E-state index contributed by atoms with van der Waals surface area (Å²) in [5, 5.41) is 0.900. The minimum absolute atomic E-state index is 0.0130. The third-order valence-corrected chi connectivity index (χ3v) is 8.47. The molecule has 2 saturated heterocycles. The zero-order valence-electron chi connectivity index (χ0n) is 19.8. The molecule has 1 saturated carbocycles. The minimum atomic E-state index is -4.45. The molecule has 0 aromatic heterocycles.